The van der Waals surface area contributed by atoms with E-state index in [1.54, 1.807) is 6.33 Å². The first-order valence-electron chi connectivity index (χ1n) is 4.18. The summed E-state index contributed by atoms with van der Waals surface area (Å²) >= 11 is 0. The molecule has 0 saturated carbocycles. The van der Waals surface area contributed by atoms with Gasteiger partial charge in [-0.15, -0.1) is 0 Å². The van der Waals surface area contributed by atoms with E-state index >= 15 is 0 Å². The number of nitrogens with zero attached hydrogens (tertiary/aromatic N) is 3. The van der Waals surface area contributed by atoms with Gasteiger partial charge in [0.15, 0.2) is 0 Å². The average molecular weight is 177 g/mol. The van der Waals surface area contributed by atoms with E-state index in [2.05, 4.69) is 42.2 Å². The molecular formula is C9H13N4+. The van der Waals surface area contributed by atoms with E-state index < -0.39 is 0 Å². The van der Waals surface area contributed by atoms with Gasteiger partial charge in [-0.1, -0.05) is 0 Å². The molecule has 0 fully saturated rings. The molecule has 2 rings (SSSR count). The molecule has 0 amide bonds. The Balaban J connectivity index is 2.63. The number of hydrogen-bond acceptors (Lipinski definition) is 2. The maximum atomic E-state index is 4.14. The van der Waals surface area contributed by atoms with Gasteiger partial charge in [0.05, 0.1) is 21.1 Å². The van der Waals surface area contributed by atoms with Gasteiger partial charge in [-0.05, 0) is 0 Å². The number of H-pyrrole nitrogens is 1. The van der Waals surface area contributed by atoms with Gasteiger partial charge >= 0.3 is 0 Å². The third-order valence-electron chi connectivity index (χ3n) is 2.00. The summed E-state index contributed by atoms with van der Waals surface area (Å²) in [6.45, 7) is 0. The second-order valence-corrected chi connectivity index (χ2v) is 3.99. The molecule has 0 saturated heterocycles. The molecule has 0 bridgehead atoms. The van der Waals surface area contributed by atoms with Gasteiger partial charge in [-0.3, -0.25) is 9.47 Å². The van der Waals surface area contributed by atoms with Gasteiger partial charge in [-0.25, -0.2) is 9.97 Å². The summed E-state index contributed by atoms with van der Waals surface area (Å²) in [5, 5.41) is 1.06. The summed E-state index contributed by atoms with van der Waals surface area (Å²) in [6, 6.07) is 2.08. The maximum Gasteiger partial charge on any atom is 0.207 e. The molecule has 0 aliphatic rings. The quantitative estimate of drug-likeness (QED) is 0.664. The molecule has 68 valence electrons. The number of hydrogen-bond donors (Lipinski definition) is 1. The minimum atomic E-state index is 0.760. The van der Waals surface area contributed by atoms with Crippen molar-refractivity contribution in [2.45, 2.75) is 0 Å². The smallest absolute Gasteiger partial charge is 0.207 e. The van der Waals surface area contributed by atoms with Gasteiger partial charge in [0.1, 0.15) is 12.0 Å². The van der Waals surface area contributed by atoms with Crippen LogP contribution in [0.4, 0.5) is 5.82 Å². The zero-order chi connectivity index (χ0) is 9.47. The van der Waals surface area contributed by atoms with Crippen molar-refractivity contribution in [3.63, 3.8) is 0 Å². The van der Waals surface area contributed by atoms with Gasteiger partial charge in [0.25, 0.3) is 0 Å². The van der Waals surface area contributed by atoms with E-state index in [9.17, 15) is 0 Å². The Hall–Kier alpha value is -1.42. The lowest BCUT2D eigenvalue weighted by Gasteiger charge is -2.20. The van der Waals surface area contributed by atoms with Crippen LogP contribution in [0.15, 0.2) is 18.6 Å². The van der Waals surface area contributed by atoms with Crippen LogP contribution in [0, 0.1) is 0 Å². The summed E-state index contributed by atoms with van der Waals surface area (Å²) in [4.78, 5) is 11.4. The molecule has 4 nitrogen and oxygen atoms in total. The molecule has 0 aromatic carbocycles. The van der Waals surface area contributed by atoms with Gasteiger partial charge in [0.2, 0.25) is 5.82 Å². The van der Waals surface area contributed by atoms with Crippen LogP contribution in [-0.4, -0.2) is 36.1 Å². The molecule has 2 aromatic rings. The second-order valence-electron chi connectivity index (χ2n) is 3.99. The topological polar surface area (TPSA) is 41.6 Å². The summed E-state index contributed by atoms with van der Waals surface area (Å²) < 4.78 is 0.760. The van der Waals surface area contributed by atoms with E-state index in [0.717, 1.165) is 21.3 Å². The number of nitrogens with one attached hydrogen (secondary N) is 1. The van der Waals surface area contributed by atoms with E-state index in [1.807, 2.05) is 6.20 Å². The number of aromatic nitrogens is 3. The number of aromatic amines is 1. The zero-order valence-corrected chi connectivity index (χ0v) is 8.07. The van der Waals surface area contributed by atoms with E-state index in [-0.39, 0.29) is 0 Å². The fourth-order valence-corrected chi connectivity index (χ4v) is 1.22. The minimum absolute atomic E-state index is 0.760. The normalized spacial score (nSPS) is 12.2. The highest BCUT2D eigenvalue weighted by Gasteiger charge is 2.15. The Kier molecular flexibility index (Phi) is 1.60. The predicted octanol–water partition coefficient (Wildman–Crippen LogP) is 1.15. The highest BCUT2D eigenvalue weighted by Crippen LogP contribution is 2.20. The molecular weight excluding hydrogens is 164 g/mol. The Morgan fingerprint density at radius 3 is 2.69 bits per heavy atom. The standard InChI is InChI=1S/C9H13N4/c1-13(2,3)8-4-7-5-10-6-11-9(7)12-8/h4-6H,1-3H3,(H,10,11,12)/q+1. The highest BCUT2D eigenvalue weighted by molar-refractivity contribution is 5.78. The first kappa shape index (κ1) is 8.19. The van der Waals surface area contributed by atoms with Crippen LogP contribution in [-0.2, 0) is 0 Å². The largest absolute Gasteiger partial charge is 0.295 e. The van der Waals surface area contributed by atoms with Crippen LogP contribution < -0.4 is 4.48 Å². The number of quaternary nitrogens is 1. The Labute approximate surface area is 76.8 Å². The van der Waals surface area contributed by atoms with E-state index in [4.69, 9.17) is 0 Å². The molecule has 4 heteroatoms. The number of rotatable bonds is 1. The summed E-state index contributed by atoms with van der Waals surface area (Å²) in [5.74, 6) is 1.13. The Morgan fingerprint density at radius 2 is 2.08 bits per heavy atom. The van der Waals surface area contributed by atoms with Crippen molar-refractivity contribution in [3.05, 3.63) is 18.6 Å². The van der Waals surface area contributed by atoms with Crippen LogP contribution in [0.25, 0.3) is 11.0 Å². The van der Waals surface area contributed by atoms with Gasteiger partial charge < -0.3 is 0 Å². The molecule has 0 spiro atoms. The lowest BCUT2D eigenvalue weighted by molar-refractivity contribution is 0.476. The molecule has 2 aromatic heterocycles. The van der Waals surface area contributed by atoms with E-state index in [0.29, 0.717) is 0 Å². The van der Waals surface area contributed by atoms with Gasteiger partial charge in [0, 0.05) is 17.6 Å². The first-order valence-corrected chi connectivity index (χ1v) is 4.18. The molecule has 0 unspecified atom stereocenters. The van der Waals surface area contributed by atoms with E-state index in [1.165, 1.54) is 0 Å². The molecule has 0 aliphatic carbocycles. The predicted molar refractivity (Wildman–Crippen MR) is 53.5 cm³/mol. The van der Waals surface area contributed by atoms with Crippen molar-refractivity contribution in [1.82, 2.24) is 19.4 Å². The van der Waals surface area contributed by atoms with Crippen LogP contribution in [0.1, 0.15) is 0 Å². The third-order valence-corrected chi connectivity index (χ3v) is 2.00. The fraction of sp³-hybridized carbons (Fsp3) is 0.333. The summed E-state index contributed by atoms with van der Waals surface area (Å²) in [6.07, 6.45) is 3.37. The Morgan fingerprint density at radius 1 is 1.31 bits per heavy atom. The highest BCUT2D eigenvalue weighted by atomic mass is 15.3. The van der Waals surface area contributed by atoms with Crippen LogP contribution in [0.2, 0.25) is 0 Å². The molecule has 13 heavy (non-hydrogen) atoms. The monoisotopic (exact) mass is 177 g/mol. The van der Waals surface area contributed by atoms with Crippen molar-refractivity contribution in [2.24, 2.45) is 0 Å². The lowest BCUT2D eigenvalue weighted by atomic mass is 10.4. The van der Waals surface area contributed by atoms with Crippen molar-refractivity contribution in [1.29, 1.82) is 0 Å². The summed E-state index contributed by atoms with van der Waals surface area (Å²) in [7, 11) is 6.33. The minimum Gasteiger partial charge on any atom is -0.295 e. The zero-order valence-electron chi connectivity index (χ0n) is 8.07. The van der Waals surface area contributed by atoms with Crippen LogP contribution in [0.3, 0.4) is 0 Å². The Bertz CT molecular complexity index is 391. The fourth-order valence-electron chi connectivity index (χ4n) is 1.22. The molecule has 0 aliphatic heterocycles. The SMILES string of the molecule is C[N+](C)(C)c1cc2cncnc2[nH]1. The average Bonchev–Trinajstić information content (AvgIpc) is 2.45. The molecule has 1 N–H and O–H groups in total. The molecule has 2 heterocycles. The second kappa shape index (κ2) is 2.53. The van der Waals surface area contributed by atoms with Crippen molar-refractivity contribution in [2.75, 3.05) is 21.1 Å². The van der Waals surface area contributed by atoms with Crippen LogP contribution >= 0.6 is 0 Å². The first-order chi connectivity index (χ1) is 6.07. The third kappa shape index (κ3) is 1.40. The maximum absolute atomic E-state index is 4.14. The summed E-state index contributed by atoms with van der Waals surface area (Å²) in [5.41, 5.74) is 0.901. The molecule has 0 atom stereocenters. The van der Waals surface area contributed by atoms with Crippen molar-refractivity contribution in [3.8, 4) is 0 Å². The lowest BCUT2D eigenvalue weighted by Crippen LogP contribution is -2.35. The number of fused-ring (bicyclic) bond motifs is 1. The van der Waals surface area contributed by atoms with Crippen molar-refractivity contribution < 1.29 is 0 Å². The molecule has 0 radical (unpaired) electrons. The van der Waals surface area contributed by atoms with Gasteiger partial charge in [-0.2, -0.15) is 0 Å². The van der Waals surface area contributed by atoms with Crippen molar-refractivity contribution >= 4 is 16.9 Å². The van der Waals surface area contributed by atoms with Crippen LogP contribution in [0.5, 0.6) is 0 Å².